The number of rotatable bonds is 2. The molecule has 1 fully saturated rings. The molecule has 0 unspecified atom stereocenters. The molecule has 0 N–H and O–H groups in total. The molecule has 1 saturated carbocycles. The van der Waals surface area contributed by atoms with Crippen LogP contribution in [0.5, 0.6) is 0 Å². The smallest absolute Gasteiger partial charge is 0.428 e. The molecule has 2 aliphatic rings. The Labute approximate surface area is 196 Å². The van der Waals surface area contributed by atoms with Crippen LogP contribution in [0.2, 0.25) is 0 Å². The van der Waals surface area contributed by atoms with E-state index in [0.717, 1.165) is 18.2 Å². The first-order valence-corrected chi connectivity index (χ1v) is 10.5. The Morgan fingerprint density at radius 2 is 1.79 bits per heavy atom. The van der Waals surface area contributed by atoms with Gasteiger partial charge in [-0.3, -0.25) is 10.1 Å². The van der Waals surface area contributed by atoms with Crippen LogP contribution in [0.3, 0.4) is 0 Å². The molecule has 1 aliphatic carbocycles. The number of imide groups is 1. The van der Waals surface area contributed by atoms with E-state index in [1.165, 1.54) is 0 Å². The Kier molecular flexibility index (Phi) is 6.07. The monoisotopic (exact) mass is 475 g/mol. The van der Waals surface area contributed by atoms with E-state index >= 15 is 0 Å². The minimum atomic E-state index is -1.75. The molecule has 182 valence electrons. The fourth-order valence-electron chi connectivity index (χ4n) is 3.48. The lowest BCUT2D eigenvalue weighted by molar-refractivity contribution is -0.385. The topological polar surface area (TPSA) is 121 Å². The Morgan fingerprint density at radius 3 is 2.26 bits per heavy atom. The van der Waals surface area contributed by atoms with Gasteiger partial charge in [-0.1, -0.05) is 5.92 Å². The molecule has 10 nitrogen and oxygen atoms in total. The van der Waals surface area contributed by atoms with E-state index < -0.39 is 57.7 Å². The van der Waals surface area contributed by atoms with Crippen molar-refractivity contribution in [3.05, 3.63) is 39.7 Å². The summed E-state index contributed by atoms with van der Waals surface area (Å²) in [5.41, 5.74) is -4.33. The highest BCUT2D eigenvalue weighted by Gasteiger charge is 2.61. The molecule has 3 atom stereocenters. The molecule has 2 amide bonds. The number of halogens is 1. The number of nitro benzene ring substituents is 1. The van der Waals surface area contributed by atoms with Gasteiger partial charge >= 0.3 is 18.2 Å². The highest BCUT2D eigenvalue weighted by atomic mass is 19.1. The molecule has 1 aromatic rings. The van der Waals surface area contributed by atoms with Gasteiger partial charge in [0.15, 0.2) is 5.54 Å². The predicted molar refractivity (Wildman–Crippen MR) is 118 cm³/mol. The van der Waals surface area contributed by atoms with Crippen molar-refractivity contribution in [2.75, 3.05) is 0 Å². The van der Waals surface area contributed by atoms with Gasteiger partial charge in [-0.15, -0.1) is 11.3 Å². The number of non-ortho nitro benzene ring substituents is 1. The molecule has 34 heavy (non-hydrogen) atoms. The summed E-state index contributed by atoms with van der Waals surface area (Å²) in [6.07, 6.45) is 3.26. The zero-order chi connectivity index (χ0) is 25.6. The van der Waals surface area contributed by atoms with E-state index in [2.05, 4.69) is 10.9 Å². The normalized spacial score (nSPS) is 23.4. The second kappa shape index (κ2) is 8.27. The number of amides is 2. The molecule has 1 heterocycles. The lowest BCUT2D eigenvalue weighted by Crippen LogP contribution is -2.50. The van der Waals surface area contributed by atoms with Crippen LogP contribution in [0.1, 0.15) is 53.5 Å². The Morgan fingerprint density at radius 1 is 1.24 bits per heavy atom. The molecule has 11 heteroatoms. The maximum atomic E-state index is 14.9. The summed E-state index contributed by atoms with van der Waals surface area (Å²) in [4.78, 5) is 41.3. The van der Waals surface area contributed by atoms with Gasteiger partial charge in [-0.2, -0.15) is 0 Å². The second-order valence-electron chi connectivity index (χ2n) is 10.0. The van der Waals surface area contributed by atoms with Gasteiger partial charge in [0, 0.05) is 23.6 Å². The van der Waals surface area contributed by atoms with Crippen molar-refractivity contribution in [2.45, 2.75) is 70.8 Å². The summed E-state index contributed by atoms with van der Waals surface area (Å²) < 4.78 is 31.3. The molecule has 3 rings (SSSR count). The Bertz CT molecular complexity index is 1090. The van der Waals surface area contributed by atoms with Crippen LogP contribution in [-0.2, 0) is 19.7 Å². The number of aliphatic imine (C=N–C) groups is 1. The third-order valence-corrected chi connectivity index (χ3v) is 4.93. The summed E-state index contributed by atoms with van der Waals surface area (Å²) in [5, 5.41) is 11.3. The van der Waals surface area contributed by atoms with E-state index in [9.17, 15) is 24.1 Å². The van der Waals surface area contributed by atoms with Gasteiger partial charge in [-0.05, 0) is 54.0 Å². The van der Waals surface area contributed by atoms with Crippen molar-refractivity contribution >= 4 is 23.9 Å². The number of carbonyl (C=O) groups excluding carboxylic acids is 2. The van der Waals surface area contributed by atoms with Crippen LogP contribution >= 0.6 is 0 Å². The first kappa shape index (κ1) is 25.0. The van der Waals surface area contributed by atoms with Crippen molar-refractivity contribution < 1.29 is 33.1 Å². The van der Waals surface area contributed by atoms with E-state index in [4.69, 9.17) is 20.6 Å². The van der Waals surface area contributed by atoms with E-state index in [-0.39, 0.29) is 11.3 Å². The number of hydrogen-bond donors (Lipinski definition) is 0. The molecule has 0 bridgehead atoms. The number of hydrogen-bond acceptors (Lipinski definition) is 8. The number of ether oxygens (including phenoxy) is 3. The average Bonchev–Trinajstić information content (AvgIpc) is 3.45. The molecule has 0 aromatic heterocycles. The number of carbonyl (C=O) groups is 2. The van der Waals surface area contributed by atoms with Crippen LogP contribution < -0.4 is 0 Å². The standard InChI is InChI=1S/C23H26FN3O7/c1-8-23(14-11-13(27(30)31)9-10-16(14)24)15-12-17(15)32-18(25-23)26(19(28)33-21(2,3)4)20(29)34-22(5,6)7/h1,9-11,15,17H,12H2,2-7H3/t15-,17+,23+/m0/s1. The fraction of sp³-hybridized carbons (Fsp3) is 0.522. The van der Waals surface area contributed by atoms with Gasteiger partial charge in [0.1, 0.15) is 23.1 Å². The summed E-state index contributed by atoms with van der Waals surface area (Å²) in [5.74, 6) is 1.09. The molecular weight excluding hydrogens is 449 g/mol. The SMILES string of the molecule is C#C[C@]1(c2cc([N+](=O)[O-])ccc2F)N=C(N(C(=O)OC(C)(C)C)C(=O)OC(C)(C)C)O[C@@H]2C[C@@H]21. The highest BCUT2D eigenvalue weighted by Crippen LogP contribution is 2.54. The molecule has 0 radical (unpaired) electrons. The predicted octanol–water partition coefficient (Wildman–Crippen LogP) is 4.51. The highest BCUT2D eigenvalue weighted by molar-refractivity contribution is 6.06. The number of amidine groups is 1. The van der Waals surface area contributed by atoms with Crippen LogP contribution in [0.15, 0.2) is 23.2 Å². The van der Waals surface area contributed by atoms with Crippen molar-refractivity contribution in [3.63, 3.8) is 0 Å². The number of fused-ring (bicyclic) bond motifs is 1. The summed E-state index contributed by atoms with van der Waals surface area (Å²) in [7, 11) is 0. The summed E-state index contributed by atoms with van der Waals surface area (Å²) in [6, 6.07) is 2.40. The lowest BCUT2D eigenvalue weighted by Gasteiger charge is -2.34. The maximum absolute atomic E-state index is 14.9. The molecule has 0 spiro atoms. The number of nitrogens with zero attached hydrogens (tertiary/aromatic N) is 3. The molecule has 1 aliphatic heterocycles. The molecule has 0 saturated heterocycles. The van der Waals surface area contributed by atoms with E-state index in [1.807, 2.05) is 0 Å². The minimum absolute atomic E-state index is 0.231. The van der Waals surface area contributed by atoms with E-state index in [1.54, 1.807) is 41.5 Å². The van der Waals surface area contributed by atoms with Crippen LogP contribution in [-0.4, -0.2) is 45.3 Å². The minimum Gasteiger partial charge on any atom is -0.461 e. The van der Waals surface area contributed by atoms with Gasteiger partial charge in [0.05, 0.1) is 4.92 Å². The average molecular weight is 475 g/mol. The van der Waals surface area contributed by atoms with Crippen molar-refractivity contribution in [1.29, 1.82) is 0 Å². The third kappa shape index (κ3) is 4.95. The Balaban J connectivity index is 2.15. The van der Waals surface area contributed by atoms with Crippen LogP contribution in [0, 0.1) is 34.2 Å². The first-order valence-electron chi connectivity index (χ1n) is 10.5. The zero-order valence-corrected chi connectivity index (χ0v) is 19.7. The van der Waals surface area contributed by atoms with Gasteiger partial charge in [0.25, 0.3) is 5.69 Å². The quantitative estimate of drug-likeness (QED) is 0.350. The summed E-state index contributed by atoms with van der Waals surface area (Å²) >= 11 is 0. The molecule has 1 aromatic carbocycles. The van der Waals surface area contributed by atoms with Crippen LogP contribution in [0.25, 0.3) is 0 Å². The van der Waals surface area contributed by atoms with Crippen molar-refractivity contribution in [3.8, 4) is 12.3 Å². The summed E-state index contributed by atoms with van der Waals surface area (Å²) in [6.45, 7) is 9.60. The zero-order valence-electron chi connectivity index (χ0n) is 19.7. The third-order valence-electron chi connectivity index (χ3n) is 4.93. The maximum Gasteiger partial charge on any atom is 0.428 e. The lowest BCUT2D eigenvalue weighted by atomic mass is 9.85. The second-order valence-corrected chi connectivity index (χ2v) is 10.0. The van der Waals surface area contributed by atoms with Gasteiger partial charge in [0.2, 0.25) is 0 Å². The van der Waals surface area contributed by atoms with Crippen LogP contribution in [0.4, 0.5) is 19.7 Å². The van der Waals surface area contributed by atoms with Crippen molar-refractivity contribution in [1.82, 2.24) is 4.90 Å². The van der Waals surface area contributed by atoms with E-state index in [0.29, 0.717) is 11.3 Å². The number of terminal acetylenes is 1. The Hall–Kier alpha value is -3.68. The fourth-order valence-corrected chi connectivity index (χ4v) is 3.48. The van der Waals surface area contributed by atoms with Gasteiger partial charge in [-0.25, -0.2) is 19.0 Å². The largest absolute Gasteiger partial charge is 0.461 e. The van der Waals surface area contributed by atoms with Gasteiger partial charge < -0.3 is 14.2 Å². The number of benzene rings is 1. The van der Waals surface area contributed by atoms with Crippen molar-refractivity contribution in [2.24, 2.45) is 10.9 Å². The number of nitro groups is 1. The first-order chi connectivity index (χ1) is 15.6. The molecular formula is C23H26FN3O7.